The molecule has 1 aliphatic heterocycles. The van der Waals surface area contributed by atoms with Crippen LogP contribution in [0.5, 0.6) is 0 Å². The minimum atomic E-state index is -0.636. The molecule has 1 saturated heterocycles. The van der Waals surface area contributed by atoms with E-state index < -0.39 is 17.7 Å². The first-order valence-corrected chi connectivity index (χ1v) is 10.5. The van der Waals surface area contributed by atoms with Crippen molar-refractivity contribution in [2.75, 3.05) is 6.54 Å². The van der Waals surface area contributed by atoms with Crippen molar-refractivity contribution < 1.29 is 19.1 Å². The fraction of sp³-hybridized carbons (Fsp3) is 0.812. The molecule has 0 bridgehead atoms. The van der Waals surface area contributed by atoms with Gasteiger partial charge in [0.05, 0.1) is 0 Å². The summed E-state index contributed by atoms with van der Waals surface area (Å²) in [6, 6.07) is -0.0899. The van der Waals surface area contributed by atoms with Crippen molar-refractivity contribution in [3.8, 4) is 0 Å². The predicted octanol–water partition coefficient (Wildman–Crippen LogP) is 1.21. The molecule has 24 heavy (non-hydrogen) atoms. The van der Waals surface area contributed by atoms with E-state index in [4.69, 9.17) is 4.74 Å². The zero-order chi connectivity index (χ0) is 17.7. The van der Waals surface area contributed by atoms with E-state index in [1.165, 1.54) is 19.3 Å². The Morgan fingerprint density at radius 3 is 2.54 bits per heavy atom. The molecule has 1 atom stereocenters. The monoisotopic (exact) mass is 405 g/mol. The molecule has 2 N–H and O–H groups in total. The van der Waals surface area contributed by atoms with E-state index >= 15 is 0 Å². The van der Waals surface area contributed by atoms with Crippen LogP contribution in [-0.2, 0) is 14.3 Å². The Kier molecular flexibility index (Phi) is 6.52. The standard InChI is InChI=1S/C16H27N3O4Se/c1-16(2,3)23-15(22)17-9-13(20)18-12-10-24-19(14(12)21)11-7-5-4-6-8-11/h11-12H,4-10H2,1-3H3,(H,17,22)(H,18,20). The molecule has 2 rings (SSSR count). The number of nitrogens with zero attached hydrogens (tertiary/aromatic N) is 1. The van der Waals surface area contributed by atoms with Crippen molar-refractivity contribution in [1.82, 2.24) is 14.5 Å². The molecule has 7 nitrogen and oxygen atoms in total. The van der Waals surface area contributed by atoms with E-state index in [1.54, 1.807) is 20.8 Å². The fourth-order valence-electron chi connectivity index (χ4n) is 2.86. The van der Waals surface area contributed by atoms with Gasteiger partial charge in [-0.05, 0) is 0 Å². The van der Waals surface area contributed by atoms with Crippen LogP contribution in [0.2, 0.25) is 5.32 Å². The van der Waals surface area contributed by atoms with E-state index in [2.05, 4.69) is 10.6 Å². The van der Waals surface area contributed by atoms with Gasteiger partial charge in [-0.3, -0.25) is 0 Å². The van der Waals surface area contributed by atoms with Crippen LogP contribution in [0.3, 0.4) is 0 Å². The second-order valence-electron chi connectivity index (χ2n) is 7.23. The van der Waals surface area contributed by atoms with Crippen LogP contribution >= 0.6 is 0 Å². The zero-order valence-electron chi connectivity index (χ0n) is 14.6. The number of ether oxygens (including phenoxy) is 1. The van der Waals surface area contributed by atoms with Gasteiger partial charge >= 0.3 is 149 Å². The summed E-state index contributed by atoms with van der Waals surface area (Å²) in [5.41, 5.74) is -0.606. The van der Waals surface area contributed by atoms with Gasteiger partial charge in [-0.15, -0.1) is 0 Å². The van der Waals surface area contributed by atoms with Crippen molar-refractivity contribution in [2.24, 2.45) is 0 Å². The number of nitrogens with one attached hydrogen (secondary N) is 2. The third-order valence-corrected chi connectivity index (χ3v) is 6.53. The molecule has 136 valence electrons. The number of amides is 3. The first-order valence-electron chi connectivity index (χ1n) is 8.48. The minimum absolute atomic E-state index is 0.0347. The summed E-state index contributed by atoms with van der Waals surface area (Å²) in [5.74, 6) is -0.326. The number of rotatable bonds is 4. The summed E-state index contributed by atoms with van der Waals surface area (Å²) in [6.07, 6.45) is 5.14. The zero-order valence-corrected chi connectivity index (χ0v) is 16.3. The molecule has 2 aliphatic rings. The molecule has 0 spiro atoms. The van der Waals surface area contributed by atoms with Crippen LogP contribution in [0.15, 0.2) is 0 Å². The number of carbonyl (C=O) groups is 3. The first-order chi connectivity index (χ1) is 11.3. The van der Waals surface area contributed by atoms with Crippen LogP contribution in [0, 0.1) is 0 Å². The summed E-state index contributed by atoms with van der Waals surface area (Å²) in [7, 11) is 0. The van der Waals surface area contributed by atoms with Crippen molar-refractivity contribution in [1.29, 1.82) is 0 Å². The van der Waals surface area contributed by atoms with E-state index in [-0.39, 0.29) is 33.5 Å². The summed E-state index contributed by atoms with van der Waals surface area (Å²) in [4.78, 5) is 36.0. The van der Waals surface area contributed by atoms with Crippen LogP contribution in [0.4, 0.5) is 4.79 Å². The summed E-state index contributed by atoms with van der Waals surface area (Å²) >= 11 is 0.107. The molecule has 3 amide bonds. The van der Waals surface area contributed by atoms with Crippen LogP contribution in [0.1, 0.15) is 52.9 Å². The summed E-state index contributed by atoms with van der Waals surface area (Å²) < 4.78 is 7.06. The Bertz CT molecular complexity index is 486. The predicted molar refractivity (Wildman–Crippen MR) is 90.4 cm³/mol. The Labute approximate surface area is 149 Å². The molecule has 0 aromatic carbocycles. The Morgan fingerprint density at radius 1 is 1.25 bits per heavy atom. The quantitative estimate of drug-likeness (QED) is 0.690. The first kappa shape index (κ1) is 19.1. The molecule has 8 heteroatoms. The maximum atomic E-state index is 12.5. The second kappa shape index (κ2) is 8.21. The van der Waals surface area contributed by atoms with Gasteiger partial charge in [0.15, 0.2) is 0 Å². The van der Waals surface area contributed by atoms with E-state index in [0.717, 1.165) is 12.8 Å². The second-order valence-corrected chi connectivity index (χ2v) is 9.29. The SMILES string of the molecule is CC(C)(C)OC(=O)NCC(=O)NC1C[Se]N(C2CCCCC2)C1=O. The molecule has 1 saturated carbocycles. The molecule has 1 heterocycles. The number of hydrogen-bond acceptors (Lipinski definition) is 4. The Hall–Kier alpha value is -1.27. The Balaban J connectivity index is 1.74. The van der Waals surface area contributed by atoms with E-state index in [9.17, 15) is 14.4 Å². The number of alkyl carbamates (subject to hydrolysis) is 1. The average molecular weight is 404 g/mol. The van der Waals surface area contributed by atoms with Crippen molar-refractivity contribution in [3.05, 3.63) is 0 Å². The topological polar surface area (TPSA) is 87.7 Å². The van der Waals surface area contributed by atoms with E-state index in [0.29, 0.717) is 11.4 Å². The maximum absolute atomic E-state index is 12.5. The molecule has 1 unspecified atom stereocenters. The van der Waals surface area contributed by atoms with Crippen LogP contribution in [-0.4, -0.2) is 61.2 Å². The molecule has 0 radical (unpaired) electrons. The van der Waals surface area contributed by atoms with Gasteiger partial charge < -0.3 is 0 Å². The molecular weight excluding hydrogens is 377 g/mol. The van der Waals surface area contributed by atoms with Crippen LogP contribution < -0.4 is 10.6 Å². The van der Waals surface area contributed by atoms with Crippen molar-refractivity contribution in [2.45, 2.75) is 75.9 Å². The number of carbonyl (C=O) groups excluding carboxylic acids is 3. The van der Waals surface area contributed by atoms with Gasteiger partial charge in [0.1, 0.15) is 0 Å². The van der Waals surface area contributed by atoms with Gasteiger partial charge in [0.25, 0.3) is 0 Å². The van der Waals surface area contributed by atoms with E-state index in [1.807, 2.05) is 3.92 Å². The van der Waals surface area contributed by atoms with Crippen LogP contribution in [0.25, 0.3) is 0 Å². The summed E-state index contributed by atoms with van der Waals surface area (Å²) in [5, 5.41) is 5.84. The van der Waals surface area contributed by atoms with Gasteiger partial charge in [-0.25, -0.2) is 0 Å². The molecular formula is C16H27N3O4Se. The molecule has 1 aliphatic carbocycles. The third kappa shape index (κ3) is 5.67. The molecule has 0 aromatic heterocycles. The van der Waals surface area contributed by atoms with Gasteiger partial charge in [0.2, 0.25) is 0 Å². The fourth-order valence-corrected chi connectivity index (χ4v) is 5.40. The number of hydrogen-bond donors (Lipinski definition) is 2. The van der Waals surface area contributed by atoms with Crippen molar-refractivity contribution >= 4 is 33.1 Å². The Morgan fingerprint density at radius 2 is 1.92 bits per heavy atom. The van der Waals surface area contributed by atoms with Gasteiger partial charge in [-0.1, -0.05) is 0 Å². The molecule has 0 aromatic rings. The van der Waals surface area contributed by atoms with Crippen molar-refractivity contribution in [3.63, 3.8) is 0 Å². The third-order valence-electron chi connectivity index (χ3n) is 3.93. The molecule has 2 fully saturated rings. The average Bonchev–Trinajstić information content (AvgIpc) is 2.85. The van der Waals surface area contributed by atoms with Gasteiger partial charge in [0, 0.05) is 0 Å². The normalized spacial score (nSPS) is 22.4. The summed E-state index contributed by atoms with van der Waals surface area (Å²) in [6.45, 7) is 5.08. The van der Waals surface area contributed by atoms with Gasteiger partial charge in [-0.2, -0.15) is 0 Å².